The van der Waals surface area contributed by atoms with Crippen LogP contribution in [0.15, 0.2) is 76.2 Å². The Morgan fingerprint density at radius 3 is 2.60 bits per heavy atom. The van der Waals surface area contributed by atoms with Crippen molar-refractivity contribution < 1.29 is 9.21 Å². The van der Waals surface area contributed by atoms with E-state index >= 15 is 0 Å². The molecule has 25 heavy (non-hydrogen) atoms. The summed E-state index contributed by atoms with van der Waals surface area (Å²) in [7, 11) is 0. The number of fused-ring (bicyclic) bond motifs is 1. The van der Waals surface area contributed by atoms with Gasteiger partial charge in [-0.2, -0.15) is 0 Å². The Balaban J connectivity index is 1.74. The zero-order valence-electron chi connectivity index (χ0n) is 13.8. The van der Waals surface area contributed by atoms with Gasteiger partial charge >= 0.3 is 0 Å². The summed E-state index contributed by atoms with van der Waals surface area (Å²) < 4.78 is 5.47. The topological polar surface area (TPSA) is 45.5 Å². The molecule has 0 aliphatic carbocycles. The van der Waals surface area contributed by atoms with E-state index in [-0.39, 0.29) is 12.1 Å². The van der Waals surface area contributed by atoms with Crippen LogP contribution in [-0.2, 0) is 6.54 Å². The zero-order chi connectivity index (χ0) is 17.2. The van der Waals surface area contributed by atoms with Gasteiger partial charge in [0, 0.05) is 10.6 Å². The summed E-state index contributed by atoms with van der Waals surface area (Å²) in [5.74, 6) is 0.768. The Hall–Kier alpha value is -2.66. The lowest BCUT2D eigenvalue weighted by molar-refractivity contribution is 0.0651. The molecule has 1 aliphatic rings. The fraction of sp³-hybridized carbons (Fsp3) is 0.150. The average Bonchev–Trinajstić information content (AvgIpc) is 3.17. The van der Waals surface area contributed by atoms with Crippen LogP contribution in [-0.4, -0.2) is 17.1 Å². The fourth-order valence-corrected chi connectivity index (χ4v) is 3.48. The lowest BCUT2D eigenvalue weighted by atomic mass is 10.0. The van der Waals surface area contributed by atoms with E-state index in [0.717, 1.165) is 17.0 Å². The summed E-state index contributed by atoms with van der Waals surface area (Å²) in [6.45, 7) is 0.419. The van der Waals surface area contributed by atoms with E-state index in [1.165, 1.54) is 4.90 Å². The van der Waals surface area contributed by atoms with E-state index < -0.39 is 0 Å². The molecular weight excluding hydrogens is 332 g/mol. The highest BCUT2D eigenvalue weighted by Gasteiger charge is 2.33. The monoisotopic (exact) mass is 350 g/mol. The van der Waals surface area contributed by atoms with E-state index in [2.05, 4.69) is 35.8 Å². The third-order valence-corrected chi connectivity index (χ3v) is 5.10. The first-order chi connectivity index (χ1) is 12.3. The highest BCUT2D eigenvalue weighted by atomic mass is 32.2. The van der Waals surface area contributed by atoms with Crippen LogP contribution in [0.3, 0.4) is 0 Å². The standard InChI is InChI=1S/C20H18N2O2S/c1-25-16-10-8-14(9-11-16)19-21-18-7-3-2-6-17(18)20(23)22(19)13-15-5-4-12-24-15/h2-12,19,21H,13H2,1H3/t19-/m0/s1. The molecule has 1 aliphatic heterocycles. The molecule has 5 heteroatoms. The van der Waals surface area contributed by atoms with Crippen LogP contribution in [0.4, 0.5) is 5.69 Å². The molecule has 2 aromatic carbocycles. The molecular formula is C20H18N2O2S. The Kier molecular flexibility index (Phi) is 4.24. The summed E-state index contributed by atoms with van der Waals surface area (Å²) in [5, 5.41) is 3.50. The SMILES string of the molecule is CSc1ccc([C@H]2Nc3ccccc3C(=O)N2Cc2ccco2)cc1. The van der Waals surface area contributed by atoms with Gasteiger partial charge in [0.05, 0.1) is 18.4 Å². The third-order valence-electron chi connectivity index (χ3n) is 4.36. The van der Waals surface area contributed by atoms with Crippen LogP contribution in [0, 0.1) is 0 Å². The number of anilines is 1. The maximum atomic E-state index is 13.1. The fourth-order valence-electron chi connectivity index (χ4n) is 3.08. The molecule has 3 aromatic rings. The van der Waals surface area contributed by atoms with E-state index in [1.807, 2.05) is 41.3 Å². The Morgan fingerprint density at radius 2 is 1.88 bits per heavy atom. The number of carbonyl (C=O) groups excluding carboxylic acids is 1. The molecule has 1 atom stereocenters. The Labute approximate surface area is 150 Å². The third kappa shape index (κ3) is 3.03. The maximum absolute atomic E-state index is 13.1. The second kappa shape index (κ2) is 6.69. The first kappa shape index (κ1) is 15.8. The first-order valence-electron chi connectivity index (χ1n) is 8.09. The largest absolute Gasteiger partial charge is 0.467 e. The predicted molar refractivity (Wildman–Crippen MR) is 99.6 cm³/mol. The zero-order valence-corrected chi connectivity index (χ0v) is 14.6. The van der Waals surface area contributed by atoms with Crippen molar-refractivity contribution in [2.75, 3.05) is 11.6 Å². The number of amides is 1. The van der Waals surface area contributed by atoms with Crippen LogP contribution < -0.4 is 5.32 Å². The van der Waals surface area contributed by atoms with Crippen molar-refractivity contribution in [1.29, 1.82) is 0 Å². The van der Waals surface area contributed by atoms with Crippen molar-refractivity contribution in [1.82, 2.24) is 4.90 Å². The van der Waals surface area contributed by atoms with Crippen molar-refractivity contribution in [3.05, 3.63) is 83.8 Å². The van der Waals surface area contributed by atoms with Gasteiger partial charge in [-0.1, -0.05) is 24.3 Å². The normalized spacial score (nSPS) is 16.4. The quantitative estimate of drug-likeness (QED) is 0.689. The molecule has 0 fully saturated rings. The average molecular weight is 350 g/mol. The molecule has 4 nitrogen and oxygen atoms in total. The number of rotatable bonds is 4. The highest BCUT2D eigenvalue weighted by Crippen LogP contribution is 2.34. The molecule has 0 saturated carbocycles. The number of carbonyl (C=O) groups is 1. The minimum Gasteiger partial charge on any atom is -0.467 e. The summed E-state index contributed by atoms with van der Waals surface area (Å²) >= 11 is 1.70. The molecule has 0 bridgehead atoms. The molecule has 1 amide bonds. The van der Waals surface area contributed by atoms with Crippen molar-refractivity contribution in [2.45, 2.75) is 17.6 Å². The van der Waals surface area contributed by atoms with Gasteiger partial charge in [0.2, 0.25) is 0 Å². The first-order valence-corrected chi connectivity index (χ1v) is 9.31. The lowest BCUT2D eigenvalue weighted by Gasteiger charge is -2.37. The van der Waals surface area contributed by atoms with Crippen molar-refractivity contribution in [2.24, 2.45) is 0 Å². The number of nitrogens with zero attached hydrogens (tertiary/aromatic N) is 1. The lowest BCUT2D eigenvalue weighted by Crippen LogP contribution is -2.42. The number of para-hydroxylation sites is 1. The van der Waals surface area contributed by atoms with Gasteiger partial charge < -0.3 is 14.6 Å². The predicted octanol–water partition coefficient (Wildman–Crippen LogP) is 4.77. The van der Waals surface area contributed by atoms with Gasteiger partial charge in [-0.05, 0) is 48.2 Å². The van der Waals surface area contributed by atoms with Crippen LogP contribution in [0.5, 0.6) is 0 Å². The number of benzene rings is 2. The summed E-state index contributed by atoms with van der Waals surface area (Å²) in [6.07, 6.45) is 3.45. The summed E-state index contributed by atoms with van der Waals surface area (Å²) in [4.78, 5) is 16.1. The minimum atomic E-state index is -0.233. The van der Waals surface area contributed by atoms with Crippen molar-refractivity contribution >= 4 is 23.4 Å². The maximum Gasteiger partial charge on any atom is 0.258 e. The molecule has 0 saturated heterocycles. The van der Waals surface area contributed by atoms with Crippen LogP contribution in [0.2, 0.25) is 0 Å². The number of hydrogen-bond donors (Lipinski definition) is 1. The van der Waals surface area contributed by atoms with Gasteiger partial charge in [-0.3, -0.25) is 4.79 Å². The van der Waals surface area contributed by atoms with Gasteiger partial charge in [-0.15, -0.1) is 11.8 Å². The van der Waals surface area contributed by atoms with Crippen molar-refractivity contribution in [3.8, 4) is 0 Å². The molecule has 4 rings (SSSR count). The minimum absolute atomic E-state index is 0.00435. The number of hydrogen-bond acceptors (Lipinski definition) is 4. The molecule has 2 heterocycles. The van der Waals surface area contributed by atoms with Gasteiger partial charge in [0.15, 0.2) is 0 Å². The highest BCUT2D eigenvalue weighted by molar-refractivity contribution is 7.98. The number of furan rings is 1. The summed E-state index contributed by atoms with van der Waals surface area (Å²) in [6, 6.07) is 19.7. The van der Waals surface area contributed by atoms with Crippen molar-refractivity contribution in [3.63, 3.8) is 0 Å². The molecule has 126 valence electrons. The van der Waals surface area contributed by atoms with E-state index in [4.69, 9.17) is 4.42 Å². The molecule has 1 aromatic heterocycles. The molecule has 0 radical (unpaired) electrons. The summed E-state index contributed by atoms with van der Waals surface area (Å²) in [5.41, 5.74) is 2.60. The van der Waals surface area contributed by atoms with Gasteiger partial charge in [-0.25, -0.2) is 0 Å². The molecule has 0 unspecified atom stereocenters. The molecule has 0 spiro atoms. The smallest absolute Gasteiger partial charge is 0.258 e. The van der Waals surface area contributed by atoms with Gasteiger partial charge in [0.1, 0.15) is 11.9 Å². The van der Waals surface area contributed by atoms with Gasteiger partial charge in [0.25, 0.3) is 5.91 Å². The van der Waals surface area contributed by atoms with Crippen LogP contribution >= 0.6 is 11.8 Å². The second-order valence-electron chi connectivity index (χ2n) is 5.88. The number of nitrogens with one attached hydrogen (secondary N) is 1. The second-order valence-corrected chi connectivity index (χ2v) is 6.76. The molecule has 1 N–H and O–H groups in total. The van der Waals surface area contributed by atoms with E-state index in [9.17, 15) is 4.79 Å². The van der Waals surface area contributed by atoms with Crippen LogP contribution in [0.1, 0.15) is 27.8 Å². The van der Waals surface area contributed by atoms with Crippen LogP contribution in [0.25, 0.3) is 0 Å². The van der Waals surface area contributed by atoms with E-state index in [1.54, 1.807) is 18.0 Å². The number of thioether (sulfide) groups is 1. The Bertz CT molecular complexity index is 875. The Morgan fingerprint density at radius 1 is 1.08 bits per heavy atom. The van der Waals surface area contributed by atoms with E-state index in [0.29, 0.717) is 12.1 Å².